The molecule has 0 fully saturated rings. The summed E-state index contributed by atoms with van der Waals surface area (Å²) in [6.07, 6.45) is 9.21. The minimum absolute atomic E-state index is 1.12. The van der Waals surface area contributed by atoms with Crippen LogP contribution in [0, 0.1) is 6.92 Å². The highest BCUT2D eigenvalue weighted by molar-refractivity contribution is 5.21. The summed E-state index contributed by atoms with van der Waals surface area (Å²) in [6.45, 7) is 4.52. The van der Waals surface area contributed by atoms with Crippen LogP contribution >= 0.6 is 0 Å². The van der Waals surface area contributed by atoms with Crippen LogP contribution < -0.4 is 5.32 Å². The minimum Gasteiger partial charge on any atom is -0.342 e. The Balaban J connectivity index is 1.67. The molecule has 2 N–H and O–H groups in total. The minimum atomic E-state index is 1.12. The molecule has 92 valence electrons. The van der Waals surface area contributed by atoms with Crippen LogP contribution in [0.15, 0.2) is 35.9 Å². The van der Waals surface area contributed by atoms with Crippen molar-refractivity contribution in [1.29, 1.82) is 0 Å². The van der Waals surface area contributed by atoms with Crippen LogP contribution in [0.2, 0.25) is 0 Å². The molecule has 0 saturated heterocycles. The Bertz CT molecular complexity index is 379. The van der Waals surface area contributed by atoms with E-state index in [1.54, 1.807) is 5.57 Å². The Hall–Kier alpha value is -1.08. The zero-order valence-electron chi connectivity index (χ0n) is 10.9. The van der Waals surface area contributed by atoms with Gasteiger partial charge in [-0.2, -0.15) is 0 Å². The topological polar surface area (TPSA) is 16.6 Å². The molecule has 1 aromatic rings. The zero-order valence-corrected chi connectivity index (χ0v) is 10.9. The molecule has 0 bridgehead atoms. The predicted molar refractivity (Wildman–Crippen MR) is 72.8 cm³/mol. The van der Waals surface area contributed by atoms with E-state index < -0.39 is 0 Å². The van der Waals surface area contributed by atoms with Gasteiger partial charge in [-0.25, -0.2) is 0 Å². The van der Waals surface area contributed by atoms with Crippen LogP contribution in [0.5, 0.6) is 0 Å². The molecule has 1 heteroatoms. The third kappa shape index (κ3) is 4.35. The van der Waals surface area contributed by atoms with Crippen LogP contribution in [0.1, 0.15) is 43.2 Å². The fourth-order valence-corrected chi connectivity index (χ4v) is 2.53. The average molecular weight is 230 g/mol. The van der Waals surface area contributed by atoms with Gasteiger partial charge < -0.3 is 5.32 Å². The second-order valence-corrected chi connectivity index (χ2v) is 5.13. The van der Waals surface area contributed by atoms with E-state index in [4.69, 9.17) is 0 Å². The van der Waals surface area contributed by atoms with Crippen molar-refractivity contribution in [2.24, 2.45) is 0 Å². The maximum Gasteiger partial charge on any atom is 0.101 e. The van der Waals surface area contributed by atoms with Crippen molar-refractivity contribution < 1.29 is 5.32 Å². The van der Waals surface area contributed by atoms with Gasteiger partial charge in [0.05, 0.1) is 6.54 Å². The lowest BCUT2D eigenvalue weighted by Gasteiger charge is -2.11. The SMILES string of the molecule is Cc1cccc(C[NH2+]CCC2=CCCCC2)c1. The van der Waals surface area contributed by atoms with E-state index in [0.717, 1.165) is 6.54 Å². The number of hydrogen-bond donors (Lipinski definition) is 1. The van der Waals surface area contributed by atoms with Gasteiger partial charge in [0.1, 0.15) is 6.54 Å². The third-order valence-electron chi connectivity index (χ3n) is 3.52. The van der Waals surface area contributed by atoms with Crippen LogP contribution in [-0.2, 0) is 6.54 Å². The fraction of sp³-hybridized carbons (Fsp3) is 0.500. The lowest BCUT2D eigenvalue weighted by Crippen LogP contribution is -2.82. The van der Waals surface area contributed by atoms with Crippen molar-refractivity contribution in [3.05, 3.63) is 47.0 Å². The molecule has 0 spiro atoms. The molecule has 0 amide bonds. The van der Waals surface area contributed by atoms with Gasteiger partial charge in [-0.3, -0.25) is 0 Å². The van der Waals surface area contributed by atoms with Gasteiger partial charge >= 0.3 is 0 Å². The Morgan fingerprint density at radius 2 is 2.18 bits per heavy atom. The molecular weight excluding hydrogens is 206 g/mol. The van der Waals surface area contributed by atoms with E-state index in [9.17, 15) is 0 Å². The number of hydrogen-bond acceptors (Lipinski definition) is 0. The van der Waals surface area contributed by atoms with Crippen LogP contribution in [-0.4, -0.2) is 6.54 Å². The normalized spacial score (nSPS) is 15.7. The van der Waals surface area contributed by atoms with Crippen LogP contribution in [0.4, 0.5) is 0 Å². The number of aryl methyl sites for hydroxylation is 1. The molecule has 1 nitrogen and oxygen atoms in total. The van der Waals surface area contributed by atoms with E-state index in [1.807, 2.05) is 0 Å². The molecule has 0 saturated carbocycles. The summed E-state index contributed by atoms with van der Waals surface area (Å²) >= 11 is 0. The van der Waals surface area contributed by atoms with E-state index in [0.29, 0.717) is 0 Å². The fourth-order valence-electron chi connectivity index (χ4n) is 2.53. The van der Waals surface area contributed by atoms with Crippen molar-refractivity contribution in [2.45, 2.75) is 45.6 Å². The molecule has 0 aliphatic heterocycles. The van der Waals surface area contributed by atoms with Gasteiger partial charge in [-0.05, 0) is 32.6 Å². The van der Waals surface area contributed by atoms with Gasteiger partial charge in [0.2, 0.25) is 0 Å². The standard InChI is InChI=1S/C16H23N/c1-14-6-5-9-16(12-14)13-17-11-10-15-7-3-2-4-8-15/h5-7,9,12,17H,2-4,8,10-11,13H2,1H3/p+1. The summed E-state index contributed by atoms with van der Waals surface area (Å²) < 4.78 is 0. The molecule has 0 radical (unpaired) electrons. The highest BCUT2D eigenvalue weighted by Gasteiger charge is 2.04. The molecule has 1 aliphatic carbocycles. The van der Waals surface area contributed by atoms with Crippen molar-refractivity contribution in [2.75, 3.05) is 6.54 Å². The second-order valence-electron chi connectivity index (χ2n) is 5.13. The molecule has 17 heavy (non-hydrogen) atoms. The van der Waals surface area contributed by atoms with Crippen LogP contribution in [0.3, 0.4) is 0 Å². The molecule has 0 unspecified atom stereocenters. The second kappa shape index (κ2) is 6.61. The van der Waals surface area contributed by atoms with E-state index >= 15 is 0 Å². The monoisotopic (exact) mass is 230 g/mol. The maximum atomic E-state index is 2.46. The summed E-state index contributed by atoms with van der Waals surface area (Å²) in [5, 5.41) is 2.43. The average Bonchev–Trinajstić information content (AvgIpc) is 2.36. The van der Waals surface area contributed by atoms with E-state index in [2.05, 4.69) is 42.6 Å². The largest absolute Gasteiger partial charge is 0.342 e. The van der Waals surface area contributed by atoms with Gasteiger partial charge in [0.25, 0.3) is 0 Å². The first-order valence-electron chi connectivity index (χ1n) is 6.90. The van der Waals surface area contributed by atoms with Gasteiger partial charge in [0.15, 0.2) is 0 Å². The summed E-state index contributed by atoms with van der Waals surface area (Å²) in [4.78, 5) is 0. The van der Waals surface area contributed by atoms with E-state index in [1.165, 1.54) is 49.8 Å². The lowest BCUT2D eigenvalue weighted by molar-refractivity contribution is -0.670. The summed E-state index contributed by atoms with van der Waals surface area (Å²) in [5.74, 6) is 0. The van der Waals surface area contributed by atoms with E-state index in [-0.39, 0.29) is 0 Å². The molecule has 0 heterocycles. The van der Waals surface area contributed by atoms with Crippen molar-refractivity contribution in [3.8, 4) is 0 Å². The summed E-state index contributed by atoms with van der Waals surface area (Å²) in [5.41, 5.74) is 4.50. The number of allylic oxidation sites excluding steroid dienone is 1. The molecule has 0 aromatic heterocycles. The zero-order chi connectivity index (χ0) is 11.9. The van der Waals surface area contributed by atoms with Gasteiger partial charge in [-0.1, -0.05) is 41.5 Å². The van der Waals surface area contributed by atoms with Crippen LogP contribution in [0.25, 0.3) is 0 Å². The van der Waals surface area contributed by atoms with Gasteiger partial charge in [-0.15, -0.1) is 0 Å². The Morgan fingerprint density at radius 1 is 1.24 bits per heavy atom. The van der Waals surface area contributed by atoms with Crippen molar-refractivity contribution >= 4 is 0 Å². The quantitative estimate of drug-likeness (QED) is 0.591. The summed E-state index contributed by atoms with van der Waals surface area (Å²) in [6, 6.07) is 8.83. The Kier molecular flexibility index (Phi) is 4.81. The Morgan fingerprint density at radius 3 is 2.94 bits per heavy atom. The molecule has 0 atom stereocenters. The molecule has 1 aromatic carbocycles. The number of rotatable bonds is 5. The molecule has 1 aliphatic rings. The van der Waals surface area contributed by atoms with Crippen molar-refractivity contribution in [1.82, 2.24) is 0 Å². The number of quaternary nitrogens is 1. The maximum absolute atomic E-state index is 2.46. The highest BCUT2D eigenvalue weighted by atomic mass is 14.8. The first-order valence-corrected chi connectivity index (χ1v) is 6.90. The number of nitrogens with two attached hydrogens (primary N) is 1. The first-order chi connectivity index (χ1) is 8.34. The summed E-state index contributed by atoms with van der Waals surface area (Å²) in [7, 11) is 0. The third-order valence-corrected chi connectivity index (χ3v) is 3.52. The predicted octanol–water partition coefficient (Wildman–Crippen LogP) is 2.95. The molecule has 2 rings (SSSR count). The highest BCUT2D eigenvalue weighted by Crippen LogP contribution is 2.18. The molecular formula is C16H24N+. The van der Waals surface area contributed by atoms with Gasteiger partial charge in [0, 0.05) is 12.0 Å². The Labute approximate surface area is 105 Å². The smallest absolute Gasteiger partial charge is 0.101 e. The van der Waals surface area contributed by atoms with Crippen molar-refractivity contribution in [3.63, 3.8) is 0 Å². The lowest BCUT2D eigenvalue weighted by atomic mass is 9.97. The first kappa shape index (κ1) is 12.4. The number of benzene rings is 1.